The molecule has 5 nitrogen and oxygen atoms in total. The van der Waals surface area contributed by atoms with E-state index in [1.165, 1.54) is 0 Å². The zero-order chi connectivity index (χ0) is 18.7. The Balaban J connectivity index is 4.92. The minimum atomic E-state index is -1.38. The zero-order valence-electron chi connectivity index (χ0n) is 15.7. The lowest BCUT2D eigenvalue weighted by atomic mass is 9.95. The fourth-order valence-corrected chi connectivity index (χ4v) is 3.77. The van der Waals surface area contributed by atoms with E-state index in [0.29, 0.717) is 13.0 Å². The van der Waals surface area contributed by atoms with Gasteiger partial charge in [0.05, 0.1) is 12.2 Å². The predicted molar refractivity (Wildman–Crippen MR) is 97.7 cm³/mol. The van der Waals surface area contributed by atoms with Crippen LogP contribution in [0.5, 0.6) is 0 Å². The van der Waals surface area contributed by atoms with E-state index in [1.807, 2.05) is 6.92 Å². The van der Waals surface area contributed by atoms with Crippen LogP contribution in [0.4, 0.5) is 4.39 Å². The van der Waals surface area contributed by atoms with Crippen LogP contribution in [0.2, 0.25) is 0 Å². The summed E-state index contributed by atoms with van der Waals surface area (Å²) in [4.78, 5) is 3.30. The van der Waals surface area contributed by atoms with Gasteiger partial charge in [0, 0.05) is 18.1 Å². The molecule has 0 saturated carbocycles. The van der Waals surface area contributed by atoms with Gasteiger partial charge in [-0.25, -0.2) is 15.6 Å². The van der Waals surface area contributed by atoms with Crippen molar-refractivity contribution in [1.29, 1.82) is 0 Å². The first-order valence-corrected chi connectivity index (χ1v) is 9.59. The molecular weight excluding hydrogens is 329 g/mol. The van der Waals surface area contributed by atoms with Crippen LogP contribution in [0.3, 0.4) is 0 Å². The highest BCUT2D eigenvalue weighted by atomic mass is 31.2. The van der Waals surface area contributed by atoms with Crippen molar-refractivity contribution in [2.24, 2.45) is 0 Å². The fourth-order valence-electron chi connectivity index (χ4n) is 2.07. The highest BCUT2D eigenvalue weighted by Gasteiger charge is 2.31. The molecule has 0 heterocycles. The second kappa shape index (κ2) is 13.0. The van der Waals surface area contributed by atoms with Gasteiger partial charge in [-0.05, 0) is 41.0 Å². The smallest absolute Gasteiger partial charge is 0.259 e. The Kier molecular flexibility index (Phi) is 12.9. The van der Waals surface area contributed by atoms with Gasteiger partial charge in [0.15, 0.2) is 0 Å². The first-order chi connectivity index (χ1) is 11.3. The second-order valence-electron chi connectivity index (χ2n) is 6.12. The maximum absolute atomic E-state index is 12.8. The minimum Gasteiger partial charge on any atom is -0.379 e. The molecule has 0 N–H and O–H groups in total. The lowest BCUT2D eigenvalue weighted by molar-refractivity contribution is -0.0343. The molecule has 24 heavy (non-hydrogen) atoms. The van der Waals surface area contributed by atoms with Gasteiger partial charge in [-0.3, -0.25) is 0 Å². The molecule has 0 aliphatic rings. The Morgan fingerprint density at radius 2 is 1.79 bits per heavy atom. The van der Waals surface area contributed by atoms with E-state index in [-0.39, 0.29) is 18.6 Å². The summed E-state index contributed by atoms with van der Waals surface area (Å²) in [6.45, 7) is 18.8. The molecule has 0 amide bonds. The average molecular weight is 360 g/mol. The molecule has 0 aliphatic heterocycles. The topological polar surface area (TPSA) is 35.3 Å². The molecule has 0 aromatic carbocycles. The molecule has 0 fully saturated rings. The molecule has 0 aromatic rings. The molecule has 2 unspecified atom stereocenters. The maximum Gasteiger partial charge on any atom is 0.259 e. The molecule has 0 bridgehead atoms. The van der Waals surface area contributed by atoms with Gasteiger partial charge in [-0.2, -0.15) is 0 Å². The van der Waals surface area contributed by atoms with E-state index in [2.05, 4.69) is 37.2 Å². The van der Waals surface area contributed by atoms with Crippen molar-refractivity contribution in [3.05, 3.63) is 11.4 Å². The van der Waals surface area contributed by atoms with Crippen LogP contribution in [0.1, 0.15) is 48.0 Å². The summed E-state index contributed by atoms with van der Waals surface area (Å²) in [6.07, 6.45) is -0.423. The number of ether oxygens (including phenoxy) is 1. The number of nitrogens with zero attached hydrogens (tertiary/aromatic N) is 2. The van der Waals surface area contributed by atoms with Crippen molar-refractivity contribution in [3.63, 3.8) is 0 Å². The van der Waals surface area contributed by atoms with Crippen molar-refractivity contribution < 1.29 is 18.2 Å². The van der Waals surface area contributed by atoms with E-state index < -0.39 is 33.4 Å². The Bertz CT molecular complexity index is 360. The van der Waals surface area contributed by atoms with Crippen LogP contribution in [-0.2, 0) is 13.8 Å². The Morgan fingerprint density at radius 3 is 2.21 bits per heavy atom. The normalized spacial score (nSPS) is 17.0. The van der Waals surface area contributed by atoms with Crippen LogP contribution in [0, 0.1) is 6.57 Å². The van der Waals surface area contributed by atoms with Crippen LogP contribution in [-0.4, -0.2) is 62.6 Å². The summed E-state index contributed by atoms with van der Waals surface area (Å²) in [5.74, 6) is 0. The van der Waals surface area contributed by atoms with Crippen molar-refractivity contribution in [2.75, 3.05) is 19.8 Å². The molecule has 0 saturated heterocycles. The molecule has 2 radical (unpaired) electrons. The molecular formula is C16H31BFN2O3P. The third kappa shape index (κ3) is 8.73. The molecule has 0 aliphatic carbocycles. The Labute approximate surface area is 149 Å². The fraction of sp³-hybridized carbons (Fsp3) is 0.938. The van der Waals surface area contributed by atoms with Gasteiger partial charge >= 0.3 is 0 Å². The monoisotopic (exact) mass is 360 g/mol. The molecule has 0 rings (SSSR count). The molecule has 8 heteroatoms. The summed E-state index contributed by atoms with van der Waals surface area (Å²) in [5.41, 5.74) is 0. The van der Waals surface area contributed by atoms with Gasteiger partial charge in [-0.15, -0.1) is 0 Å². The van der Waals surface area contributed by atoms with E-state index in [0.717, 1.165) is 0 Å². The van der Waals surface area contributed by atoms with Gasteiger partial charge < -0.3 is 18.6 Å². The Hall–Kier alpha value is -0.245. The number of alkyl halides is 1. The van der Waals surface area contributed by atoms with Gasteiger partial charge in [0.1, 0.15) is 21.1 Å². The van der Waals surface area contributed by atoms with E-state index in [4.69, 9.17) is 28.2 Å². The van der Waals surface area contributed by atoms with Crippen LogP contribution >= 0.6 is 8.53 Å². The number of hydrogen-bond acceptors (Lipinski definition) is 4. The lowest BCUT2D eigenvalue weighted by Crippen LogP contribution is -2.38. The summed E-state index contributed by atoms with van der Waals surface area (Å²) in [5, 5.41) is 0. The molecule has 0 aromatic heterocycles. The third-order valence-electron chi connectivity index (χ3n) is 3.35. The molecule has 138 valence electrons. The minimum absolute atomic E-state index is 0.211. The maximum atomic E-state index is 12.8. The quantitative estimate of drug-likeness (QED) is 0.216. The number of rotatable bonds is 13. The molecule has 4 atom stereocenters. The summed E-state index contributed by atoms with van der Waals surface area (Å²) < 4.78 is 32.3. The predicted octanol–water partition coefficient (Wildman–Crippen LogP) is 3.93. The third-order valence-corrected chi connectivity index (χ3v) is 5.56. The van der Waals surface area contributed by atoms with Crippen molar-refractivity contribution >= 4 is 16.4 Å². The average Bonchev–Trinajstić information content (AvgIpc) is 2.51. The van der Waals surface area contributed by atoms with Crippen LogP contribution < -0.4 is 0 Å². The SMILES string of the molecule is [B]C(O[C@H](CC)CF)[C@H](C)OP(OCC[N+]#[C-])N(C(C)C)C(C)C. The molecule has 0 spiro atoms. The van der Waals surface area contributed by atoms with Crippen molar-refractivity contribution in [2.45, 2.75) is 78.3 Å². The van der Waals surface area contributed by atoms with Crippen LogP contribution in [0.15, 0.2) is 0 Å². The summed E-state index contributed by atoms with van der Waals surface area (Å²) in [7, 11) is 4.61. The van der Waals surface area contributed by atoms with Crippen molar-refractivity contribution in [1.82, 2.24) is 4.67 Å². The van der Waals surface area contributed by atoms with Crippen molar-refractivity contribution in [3.8, 4) is 0 Å². The van der Waals surface area contributed by atoms with Gasteiger partial charge in [0.25, 0.3) is 8.53 Å². The zero-order valence-corrected chi connectivity index (χ0v) is 16.6. The summed E-state index contributed by atoms with van der Waals surface area (Å²) >= 11 is 0. The Morgan fingerprint density at radius 1 is 1.21 bits per heavy atom. The number of halogens is 1. The van der Waals surface area contributed by atoms with Gasteiger partial charge in [-0.1, -0.05) is 6.92 Å². The highest BCUT2D eigenvalue weighted by Crippen LogP contribution is 2.47. The van der Waals surface area contributed by atoms with Crippen LogP contribution in [0.25, 0.3) is 4.85 Å². The highest BCUT2D eigenvalue weighted by molar-refractivity contribution is 7.44. The van der Waals surface area contributed by atoms with Gasteiger partial charge in [0.2, 0.25) is 6.54 Å². The summed E-state index contributed by atoms with van der Waals surface area (Å²) in [6, 6.07) is -0.313. The lowest BCUT2D eigenvalue weighted by Gasteiger charge is -2.37. The van der Waals surface area contributed by atoms with E-state index in [9.17, 15) is 4.39 Å². The largest absolute Gasteiger partial charge is 0.379 e. The standard InChI is InChI=1S/C16H31BFN2O3P/c1-8-15(11-18)22-16(17)14(6)23-24(21-10-9-19-7)20(12(2)3)13(4)5/h12-16H,8-11H2,1-6H3/t14-,15+,16?,24?/m0/s1. The first kappa shape index (κ1) is 23.8. The van der Waals surface area contributed by atoms with E-state index >= 15 is 0 Å². The first-order valence-electron chi connectivity index (χ1n) is 8.46. The van der Waals surface area contributed by atoms with E-state index in [1.54, 1.807) is 6.92 Å². The second-order valence-corrected chi connectivity index (χ2v) is 7.52. The number of hydrogen-bond donors (Lipinski definition) is 0.